The van der Waals surface area contributed by atoms with Crippen LogP contribution in [0.1, 0.15) is 16.7 Å². The van der Waals surface area contributed by atoms with Crippen molar-refractivity contribution in [2.75, 3.05) is 11.9 Å². The topological polar surface area (TPSA) is 143 Å². The number of anilines is 2. The Hall–Kier alpha value is -5.68. The third-order valence-electron chi connectivity index (χ3n) is 6.55. The maximum Gasteiger partial charge on any atom is 0.417 e. The van der Waals surface area contributed by atoms with Crippen molar-refractivity contribution in [2.45, 2.75) is 19.3 Å². The van der Waals surface area contributed by atoms with Gasteiger partial charge in [-0.05, 0) is 23.8 Å². The third kappa shape index (κ3) is 6.37. The Morgan fingerprint density at radius 2 is 2.05 bits per heavy atom. The normalized spacial score (nSPS) is 13.8. The van der Waals surface area contributed by atoms with Crippen molar-refractivity contribution >= 4 is 29.0 Å². The van der Waals surface area contributed by atoms with Gasteiger partial charge in [-0.1, -0.05) is 36.4 Å². The second-order valence-corrected chi connectivity index (χ2v) is 9.46. The Balaban J connectivity index is 1.45. The summed E-state index contributed by atoms with van der Waals surface area (Å²) in [6, 6.07) is 12.0. The van der Waals surface area contributed by atoms with E-state index in [9.17, 15) is 23.2 Å². The SMILES string of the molecule is Cn1c(Nc2cc(C(F)(F)F)cn(CCOCc3ccccc3)c2=O)nc2ncc(O/C(C=N)=C3\C=CC=CN3)c(C#N)c21. The molecule has 0 unspecified atom stereocenters. The largest absolute Gasteiger partial charge is 0.450 e. The Kier molecular flexibility index (Phi) is 8.59. The quantitative estimate of drug-likeness (QED) is 0.132. The van der Waals surface area contributed by atoms with Crippen LogP contribution in [0.4, 0.5) is 24.8 Å². The average molecular weight is 603 g/mol. The summed E-state index contributed by atoms with van der Waals surface area (Å²) in [4.78, 5) is 21.8. The number of rotatable bonds is 10. The molecular weight excluding hydrogens is 577 g/mol. The number of ether oxygens (including phenoxy) is 2. The first kappa shape index (κ1) is 29.8. The van der Waals surface area contributed by atoms with Crippen LogP contribution in [0.2, 0.25) is 0 Å². The fourth-order valence-corrected chi connectivity index (χ4v) is 4.37. The lowest BCUT2D eigenvalue weighted by Gasteiger charge is -2.15. The summed E-state index contributed by atoms with van der Waals surface area (Å²) < 4.78 is 55.1. The zero-order valence-corrected chi connectivity index (χ0v) is 23.2. The van der Waals surface area contributed by atoms with Gasteiger partial charge in [-0.25, -0.2) is 4.98 Å². The molecule has 5 rings (SSSR count). The fraction of sp³-hybridized carbons (Fsp3) is 0.167. The predicted molar refractivity (Wildman–Crippen MR) is 156 cm³/mol. The van der Waals surface area contributed by atoms with Gasteiger partial charge in [0.05, 0.1) is 36.9 Å². The smallest absolute Gasteiger partial charge is 0.417 e. The molecule has 14 heteroatoms. The first-order chi connectivity index (χ1) is 21.2. The zero-order valence-electron chi connectivity index (χ0n) is 23.2. The summed E-state index contributed by atoms with van der Waals surface area (Å²) in [5.74, 6) is 0.111. The van der Waals surface area contributed by atoms with Gasteiger partial charge in [0.2, 0.25) is 5.95 Å². The van der Waals surface area contributed by atoms with Gasteiger partial charge in [0.15, 0.2) is 17.2 Å². The van der Waals surface area contributed by atoms with Crippen molar-refractivity contribution in [3.63, 3.8) is 0 Å². The van der Waals surface area contributed by atoms with Crippen molar-refractivity contribution in [1.82, 2.24) is 24.4 Å². The highest BCUT2D eigenvalue weighted by Gasteiger charge is 2.32. The van der Waals surface area contributed by atoms with Crippen LogP contribution in [0.25, 0.3) is 11.2 Å². The van der Waals surface area contributed by atoms with Gasteiger partial charge in [0.25, 0.3) is 5.56 Å². The summed E-state index contributed by atoms with van der Waals surface area (Å²) in [5.41, 5.74) is -0.475. The minimum Gasteiger partial charge on any atom is -0.450 e. The van der Waals surface area contributed by atoms with E-state index >= 15 is 0 Å². The summed E-state index contributed by atoms with van der Waals surface area (Å²) in [6.45, 7) is 0.107. The van der Waals surface area contributed by atoms with Crippen molar-refractivity contribution in [3.05, 3.63) is 112 Å². The van der Waals surface area contributed by atoms with E-state index in [1.807, 2.05) is 36.4 Å². The predicted octanol–water partition coefficient (Wildman–Crippen LogP) is 4.89. The number of dihydropyridines is 1. The van der Waals surface area contributed by atoms with E-state index in [-0.39, 0.29) is 59.6 Å². The number of aromatic nitrogens is 4. The maximum atomic E-state index is 13.8. The standard InChI is InChI=1S/C30H25F3N8O3/c1-40-26-21(14-34)25(44-24(15-35)22-9-5-6-10-36-22)16-37-27(26)39-29(40)38-23-13-20(30(31,32)33)17-41(28(23)42)11-12-43-18-19-7-3-2-4-8-19/h2-10,13,15-17,35-36H,11-12,18H2,1H3,(H,37,38,39)/b24-22+,35-15?. The highest BCUT2D eigenvalue weighted by atomic mass is 19.4. The van der Waals surface area contributed by atoms with Crippen LogP contribution >= 0.6 is 0 Å². The monoisotopic (exact) mass is 602 g/mol. The highest BCUT2D eigenvalue weighted by Crippen LogP contribution is 2.32. The molecule has 0 fully saturated rings. The minimum atomic E-state index is -4.73. The molecule has 1 aromatic carbocycles. The summed E-state index contributed by atoms with van der Waals surface area (Å²) >= 11 is 0. The second-order valence-electron chi connectivity index (χ2n) is 9.46. The molecular formula is C30H25F3N8O3. The molecule has 0 spiro atoms. The summed E-state index contributed by atoms with van der Waals surface area (Å²) in [6.07, 6.45) is 5.07. The lowest BCUT2D eigenvalue weighted by molar-refractivity contribution is -0.138. The van der Waals surface area contributed by atoms with E-state index in [0.717, 1.165) is 22.5 Å². The molecule has 0 atom stereocenters. The van der Waals surface area contributed by atoms with Crippen LogP contribution < -0.4 is 20.9 Å². The third-order valence-corrected chi connectivity index (χ3v) is 6.55. The van der Waals surface area contributed by atoms with E-state index in [1.54, 1.807) is 24.4 Å². The number of aryl methyl sites for hydroxylation is 1. The molecule has 11 nitrogen and oxygen atoms in total. The molecule has 0 saturated heterocycles. The van der Waals surface area contributed by atoms with Crippen LogP contribution in [0.3, 0.4) is 0 Å². The second kappa shape index (κ2) is 12.7. The van der Waals surface area contributed by atoms with Crippen molar-refractivity contribution in [2.24, 2.45) is 7.05 Å². The van der Waals surface area contributed by atoms with Crippen molar-refractivity contribution in [1.29, 1.82) is 10.7 Å². The van der Waals surface area contributed by atoms with Crippen molar-refractivity contribution < 1.29 is 22.6 Å². The molecule has 3 N–H and O–H groups in total. The number of benzene rings is 1. The molecule has 44 heavy (non-hydrogen) atoms. The number of allylic oxidation sites excluding steroid dienone is 4. The van der Waals surface area contributed by atoms with Crippen molar-refractivity contribution in [3.8, 4) is 11.8 Å². The maximum absolute atomic E-state index is 13.8. The Bertz CT molecular complexity index is 1900. The van der Waals surface area contributed by atoms with Gasteiger partial charge in [0, 0.05) is 26.0 Å². The molecule has 4 heterocycles. The van der Waals surface area contributed by atoms with Crippen LogP contribution in [0.15, 0.2) is 89.5 Å². The van der Waals surface area contributed by atoms with Gasteiger partial charge in [-0.15, -0.1) is 0 Å². The Labute approximate surface area is 248 Å². The molecule has 1 aliphatic heterocycles. The van der Waals surface area contributed by atoms with E-state index < -0.39 is 17.3 Å². The number of imidazole rings is 1. The molecule has 0 amide bonds. The van der Waals surface area contributed by atoms with Crippen LogP contribution in [-0.2, 0) is 31.1 Å². The van der Waals surface area contributed by atoms with E-state index in [0.29, 0.717) is 11.8 Å². The van der Waals surface area contributed by atoms with Crippen LogP contribution in [0.5, 0.6) is 5.75 Å². The number of nitriles is 1. The number of pyridine rings is 2. The van der Waals surface area contributed by atoms with E-state index in [1.165, 1.54) is 17.8 Å². The first-order valence-corrected chi connectivity index (χ1v) is 13.2. The molecule has 0 saturated carbocycles. The minimum absolute atomic E-state index is 0.00440. The Morgan fingerprint density at radius 3 is 2.73 bits per heavy atom. The molecule has 0 bridgehead atoms. The van der Waals surface area contributed by atoms with Gasteiger partial charge in [-0.3, -0.25) is 4.79 Å². The highest BCUT2D eigenvalue weighted by molar-refractivity contribution is 5.85. The fourth-order valence-electron chi connectivity index (χ4n) is 4.37. The lowest BCUT2D eigenvalue weighted by Crippen LogP contribution is -2.26. The van der Waals surface area contributed by atoms with Gasteiger partial charge in [-0.2, -0.15) is 23.4 Å². The lowest BCUT2D eigenvalue weighted by atomic mass is 10.2. The van der Waals surface area contributed by atoms with Crippen LogP contribution in [0, 0.1) is 16.7 Å². The van der Waals surface area contributed by atoms with E-state index in [2.05, 4.69) is 20.6 Å². The zero-order chi connectivity index (χ0) is 31.3. The summed E-state index contributed by atoms with van der Waals surface area (Å²) in [5, 5.41) is 23.4. The summed E-state index contributed by atoms with van der Waals surface area (Å²) in [7, 11) is 1.51. The number of hydrogen-bond donors (Lipinski definition) is 3. The number of halogens is 3. The molecule has 1 aliphatic rings. The van der Waals surface area contributed by atoms with Crippen LogP contribution in [-0.4, -0.2) is 31.9 Å². The number of nitrogens with zero attached hydrogens (tertiary/aromatic N) is 5. The first-order valence-electron chi connectivity index (χ1n) is 13.2. The molecule has 224 valence electrons. The Morgan fingerprint density at radius 1 is 1.25 bits per heavy atom. The molecule has 0 radical (unpaired) electrons. The molecule has 4 aromatic rings. The van der Waals surface area contributed by atoms with Gasteiger partial charge in [0.1, 0.15) is 22.8 Å². The number of hydrogen-bond acceptors (Lipinski definition) is 9. The number of alkyl halides is 3. The van der Waals surface area contributed by atoms with E-state index in [4.69, 9.17) is 14.9 Å². The molecule has 0 aliphatic carbocycles. The molecule has 3 aromatic heterocycles. The average Bonchev–Trinajstić information content (AvgIpc) is 3.34. The number of fused-ring (bicyclic) bond motifs is 1. The van der Waals surface area contributed by atoms with Gasteiger partial charge >= 0.3 is 6.18 Å². The number of nitrogens with one attached hydrogen (secondary N) is 3. The van der Waals surface area contributed by atoms with Gasteiger partial charge < -0.3 is 34.7 Å².